The first kappa shape index (κ1) is 19.1. The second-order valence-corrected chi connectivity index (χ2v) is 7.65. The van der Waals surface area contributed by atoms with Gasteiger partial charge in [0, 0.05) is 11.3 Å². The van der Waals surface area contributed by atoms with Crippen molar-refractivity contribution in [2.45, 2.75) is 37.5 Å². The molecule has 3 aromatic rings. The molecular formula is C22H23N3OS. The lowest BCUT2D eigenvalue weighted by molar-refractivity contribution is -0.115. The smallest absolute Gasteiger partial charge is 0.237 e. The van der Waals surface area contributed by atoms with Crippen LogP contribution in [0.2, 0.25) is 0 Å². The Kier molecular flexibility index (Phi) is 6.24. The molecule has 4 nitrogen and oxygen atoms in total. The molecule has 5 heteroatoms. The number of aromatic nitrogens is 2. The molecule has 0 aliphatic rings. The van der Waals surface area contributed by atoms with Crippen LogP contribution in [0.4, 0.5) is 5.69 Å². The molecule has 1 N–H and O–H groups in total. The number of benzene rings is 2. The molecule has 0 saturated heterocycles. The van der Waals surface area contributed by atoms with Gasteiger partial charge in [-0.05, 0) is 38.0 Å². The summed E-state index contributed by atoms with van der Waals surface area (Å²) in [6.07, 6.45) is 2.27. The van der Waals surface area contributed by atoms with E-state index in [2.05, 4.69) is 21.4 Å². The molecule has 1 heterocycles. The SMILES string of the molecule is CCC(Sc1cc(-c2ccccc2)ncn1)C(=O)Nc1ccc(C)cc1C. The van der Waals surface area contributed by atoms with E-state index in [-0.39, 0.29) is 11.2 Å². The first-order valence-electron chi connectivity index (χ1n) is 8.99. The highest BCUT2D eigenvalue weighted by atomic mass is 32.2. The molecule has 138 valence electrons. The molecular weight excluding hydrogens is 354 g/mol. The fourth-order valence-corrected chi connectivity index (χ4v) is 3.72. The molecule has 1 amide bonds. The van der Waals surface area contributed by atoms with Crippen molar-refractivity contribution < 1.29 is 4.79 Å². The van der Waals surface area contributed by atoms with Gasteiger partial charge >= 0.3 is 0 Å². The van der Waals surface area contributed by atoms with Crippen LogP contribution in [0, 0.1) is 13.8 Å². The summed E-state index contributed by atoms with van der Waals surface area (Å²) in [5.74, 6) is -0.00525. The Balaban J connectivity index is 1.74. The normalized spacial score (nSPS) is 11.8. The van der Waals surface area contributed by atoms with E-state index in [9.17, 15) is 4.79 Å². The van der Waals surface area contributed by atoms with Crippen molar-refractivity contribution in [3.63, 3.8) is 0 Å². The summed E-state index contributed by atoms with van der Waals surface area (Å²) in [6.45, 7) is 6.06. The second-order valence-electron chi connectivity index (χ2n) is 6.43. The van der Waals surface area contributed by atoms with Crippen molar-refractivity contribution in [2.24, 2.45) is 0 Å². The average molecular weight is 378 g/mol. The van der Waals surface area contributed by atoms with Crippen LogP contribution in [0.1, 0.15) is 24.5 Å². The van der Waals surface area contributed by atoms with E-state index < -0.39 is 0 Å². The average Bonchev–Trinajstić information content (AvgIpc) is 2.69. The van der Waals surface area contributed by atoms with E-state index in [0.717, 1.165) is 27.5 Å². The fourth-order valence-electron chi connectivity index (χ4n) is 2.81. The monoisotopic (exact) mass is 377 g/mol. The highest BCUT2D eigenvalue weighted by molar-refractivity contribution is 8.00. The summed E-state index contributed by atoms with van der Waals surface area (Å²) in [5.41, 5.74) is 5.00. The molecule has 0 aliphatic heterocycles. The number of carbonyl (C=O) groups is 1. The van der Waals surface area contributed by atoms with Crippen molar-refractivity contribution in [1.82, 2.24) is 9.97 Å². The van der Waals surface area contributed by atoms with Crippen LogP contribution in [0.25, 0.3) is 11.3 Å². The molecule has 0 aliphatic carbocycles. The van der Waals surface area contributed by atoms with Gasteiger partial charge in [0.25, 0.3) is 0 Å². The van der Waals surface area contributed by atoms with E-state index in [0.29, 0.717) is 6.42 Å². The van der Waals surface area contributed by atoms with Crippen LogP contribution in [-0.4, -0.2) is 21.1 Å². The van der Waals surface area contributed by atoms with E-state index in [1.807, 2.05) is 69.3 Å². The van der Waals surface area contributed by atoms with E-state index >= 15 is 0 Å². The minimum Gasteiger partial charge on any atom is -0.325 e. The lowest BCUT2D eigenvalue weighted by atomic mass is 10.1. The fraction of sp³-hybridized carbons (Fsp3) is 0.227. The van der Waals surface area contributed by atoms with E-state index in [1.165, 1.54) is 17.3 Å². The Morgan fingerprint density at radius 2 is 1.85 bits per heavy atom. The maximum atomic E-state index is 12.8. The van der Waals surface area contributed by atoms with Gasteiger partial charge in [-0.15, -0.1) is 0 Å². The highest BCUT2D eigenvalue weighted by Crippen LogP contribution is 2.28. The van der Waals surface area contributed by atoms with E-state index in [4.69, 9.17) is 0 Å². The molecule has 0 fully saturated rings. The Hall–Kier alpha value is -2.66. The maximum Gasteiger partial charge on any atom is 0.237 e. The third kappa shape index (κ3) is 4.95. The molecule has 2 aromatic carbocycles. The van der Waals surface area contributed by atoms with Gasteiger partial charge in [0.15, 0.2) is 0 Å². The summed E-state index contributed by atoms with van der Waals surface area (Å²) >= 11 is 1.47. The van der Waals surface area contributed by atoms with Crippen LogP contribution >= 0.6 is 11.8 Å². The van der Waals surface area contributed by atoms with Crippen molar-refractivity contribution in [3.05, 3.63) is 72.1 Å². The topological polar surface area (TPSA) is 54.9 Å². The lowest BCUT2D eigenvalue weighted by Crippen LogP contribution is -2.25. The number of nitrogens with one attached hydrogen (secondary N) is 1. The molecule has 0 radical (unpaired) electrons. The molecule has 1 unspecified atom stereocenters. The summed E-state index contributed by atoms with van der Waals surface area (Å²) in [5, 5.41) is 3.63. The van der Waals surface area contributed by atoms with Gasteiger partial charge in [-0.25, -0.2) is 9.97 Å². The van der Waals surface area contributed by atoms with Gasteiger partial charge in [0.05, 0.1) is 10.9 Å². The van der Waals surface area contributed by atoms with Gasteiger partial charge in [0.2, 0.25) is 5.91 Å². The molecule has 0 spiro atoms. The van der Waals surface area contributed by atoms with Crippen molar-refractivity contribution in [2.75, 3.05) is 5.32 Å². The molecule has 1 aromatic heterocycles. The minimum absolute atomic E-state index is 0.00525. The van der Waals surface area contributed by atoms with Crippen molar-refractivity contribution in [1.29, 1.82) is 0 Å². The lowest BCUT2D eigenvalue weighted by Gasteiger charge is -2.16. The van der Waals surface area contributed by atoms with Crippen molar-refractivity contribution in [3.8, 4) is 11.3 Å². The van der Waals surface area contributed by atoms with E-state index in [1.54, 1.807) is 6.33 Å². The largest absolute Gasteiger partial charge is 0.325 e. The maximum absolute atomic E-state index is 12.8. The predicted octanol–water partition coefficient (Wildman–Crippen LogP) is 5.27. The zero-order chi connectivity index (χ0) is 19.2. The minimum atomic E-state index is -0.218. The summed E-state index contributed by atoms with van der Waals surface area (Å²) in [6, 6.07) is 17.9. The Morgan fingerprint density at radius 3 is 2.56 bits per heavy atom. The Bertz CT molecular complexity index is 928. The third-order valence-corrected chi connectivity index (χ3v) is 5.57. The van der Waals surface area contributed by atoms with Crippen LogP contribution < -0.4 is 5.32 Å². The number of hydrogen-bond donors (Lipinski definition) is 1. The van der Waals surface area contributed by atoms with Crippen LogP contribution in [-0.2, 0) is 4.79 Å². The van der Waals surface area contributed by atoms with Crippen LogP contribution in [0.15, 0.2) is 66.0 Å². The summed E-state index contributed by atoms with van der Waals surface area (Å²) in [7, 11) is 0. The number of carbonyl (C=O) groups excluding carboxylic acids is 1. The molecule has 0 bridgehead atoms. The number of hydrogen-bond acceptors (Lipinski definition) is 4. The molecule has 1 atom stereocenters. The molecule has 3 rings (SSSR count). The van der Waals surface area contributed by atoms with Gasteiger partial charge in [0.1, 0.15) is 11.4 Å². The van der Waals surface area contributed by atoms with Gasteiger partial charge < -0.3 is 5.32 Å². The number of aryl methyl sites for hydroxylation is 2. The second kappa shape index (κ2) is 8.82. The van der Waals surface area contributed by atoms with Crippen LogP contribution in [0.3, 0.4) is 0 Å². The van der Waals surface area contributed by atoms with Crippen LogP contribution in [0.5, 0.6) is 0 Å². The third-order valence-electron chi connectivity index (χ3n) is 4.28. The van der Waals surface area contributed by atoms with Gasteiger partial charge in [-0.2, -0.15) is 0 Å². The highest BCUT2D eigenvalue weighted by Gasteiger charge is 2.19. The zero-order valence-corrected chi connectivity index (χ0v) is 16.6. The summed E-state index contributed by atoms with van der Waals surface area (Å²) < 4.78 is 0. The number of anilines is 1. The number of amides is 1. The number of nitrogens with zero attached hydrogens (tertiary/aromatic N) is 2. The predicted molar refractivity (Wildman–Crippen MR) is 112 cm³/mol. The van der Waals surface area contributed by atoms with Gasteiger partial charge in [-0.3, -0.25) is 4.79 Å². The molecule has 0 saturated carbocycles. The van der Waals surface area contributed by atoms with Crippen molar-refractivity contribution >= 4 is 23.4 Å². The Labute approximate surface area is 164 Å². The first-order valence-corrected chi connectivity index (χ1v) is 9.87. The molecule has 27 heavy (non-hydrogen) atoms. The zero-order valence-electron chi connectivity index (χ0n) is 15.8. The standard InChI is InChI=1S/C22H23N3OS/c1-4-20(22(26)25-18-11-10-15(2)12-16(18)3)27-21-13-19(23-14-24-21)17-8-6-5-7-9-17/h5-14,20H,4H2,1-3H3,(H,25,26). The Morgan fingerprint density at radius 1 is 1.07 bits per heavy atom. The quantitative estimate of drug-likeness (QED) is 0.470. The number of thioether (sulfide) groups is 1. The number of rotatable bonds is 6. The van der Waals surface area contributed by atoms with Gasteiger partial charge in [-0.1, -0.05) is 66.7 Å². The summed E-state index contributed by atoms with van der Waals surface area (Å²) in [4.78, 5) is 21.5. The first-order chi connectivity index (χ1) is 13.1.